The Balaban J connectivity index is 0.00000128. The highest BCUT2D eigenvalue weighted by atomic mass is 79.9. The van der Waals surface area contributed by atoms with Crippen molar-refractivity contribution in [3.8, 4) is 0 Å². The van der Waals surface area contributed by atoms with Crippen LogP contribution in [0.1, 0.15) is 31.7 Å². The van der Waals surface area contributed by atoms with Crippen molar-refractivity contribution in [2.45, 2.75) is 32.7 Å². The van der Waals surface area contributed by atoms with Gasteiger partial charge >= 0.3 is 0 Å². The average molecular weight is 305 g/mol. The molecule has 0 amide bonds. The molecule has 1 N–H and O–H groups in total. The third kappa shape index (κ3) is 3.76. The van der Waals surface area contributed by atoms with Gasteiger partial charge in [0.2, 0.25) is 0 Å². The number of hydrogen-bond acceptors (Lipinski definition) is 1. The summed E-state index contributed by atoms with van der Waals surface area (Å²) in [7, 11) is 0. The van der Waals surface area contributed by atoms with Gasteiger partial charge in [-0.05, 0) is 36.0 Å². The lowest BCUT2D eigenvalue weighted by molar-refractivity contribution is 0.156. The summed E-state index contributed by atoms with van der Waals surface area (Å²) in [6.07, 6.45) is 4.19. The zero-order valence-electron chi connectivity index (χ0n) is 9.63. The van der Waals surface area contributed by atoms with Crippen LogP contribution in [0.15, 0.2) is 28.7 Å². The van der Waals surface area contributed by atoms with Crippen molar-refractivity contribution in [1.29, 1.82) is 0 Å². The van der Waals surface area contributed by atoms with E-state index in [-0.39, 0.29) is 12.4 Å². The predicted octanol–water partition coefficient (Wildman–Crippen LogP) is 4.15. The molecule has 0 aromatic heterocycles. The van der Waals surface area contributed by atoms with Gasteiger partial charge in [-0.25, -0.2) is 0 Å². The van der Waals surface area contributed by atoms with Crippen molar-refractivity contribution in [1.82, 2.24) is 5.32 Å². The molecule has 0 radical (unpaired) electrons. The van der Waals surface area contributed by atoms with Gasteiger partial charge in [-0.15, -0.1) is 12.4 Å². The van der Waals surface area contributed by atoms with E-state index in [0.717, 1.165) is 17.6 Å². The first-order valence-electron chi connectivity index (χ1n) is 5.63. The lowest BCUT2D eigenvalue weighted by atomic mass is 9.70. The Morgan fingerprint density at radius 2 is 2.12 bits per heavy atom. The minimum absolute atomic E-state index is 0. The number of nitrogens with one attached hydrogen (secondary N) is 1. The van der Waals surface area contributed by atoms with Gasteiger partial charge < -0.3 is 5.32 Å². The molecule has 2 rings (SSSR count). The summed E-state index contributed by atoms with van der Waals surface area (Å²) < 4.78 is 1.16. The summed E-state index contributed by atoms with van der Waals surface area (Å²) in [6, 6.07) is 8.50. The quantitative estimate of drug-likeness (QED) is 0.881. The standard InChI is InChI=1S/C13H18BrN.ClH/c1-13(6-3-7-13)10-15-9-11-4-2-5-12(14)8-11;/h2,4-5,8,15H,3,6-7,9-10H2,1H3;1H. The van der Waals surface area contributed by atoms with Crippen molar-refractivity contribution in [2.75, 3.05) is 6.54 Å². The van der Waals surface area contributed by atoms with Gasteiger partial charge in [0.1, 0.15) is 0 Å². The number of benzene rings is 1. The van der Waals surface area contributed by atoms with E-state index < -0.39 is 0 Å². The van der Waals surface area contributed by atoms with Gasteiger partial charge in [0, 0.05) is 17.6 Å². The Hall–Kier alpha value is -0.0500. The highest BCUT2D eigenvalue weighted by molar-refractivity contribution is 9.10. The van der Waals surface area contributed by atoms with Crippen LogP contribution >= 0.6 is 28.3 Å². The Labute approximate surface area is 113 Å². The minimum atomic E-state index is 0. The number of halogens is 2. The molecule has 1 fully saturated rings. The van der Waals surface area contributed by atoms with Gasteiger partial charge in [0.15, 0.2) is 0 Å². The maximum Gasteiger partial charge on any atom is 0.0206 e. The SMILES string of the molecule is CC1(CNCc2cccc(Br)c2)CCC1.Cl. The Morgan fingerprint density at radius 1 is 1.38 bits per heavy atom. The van der Waals surface area contributed by atoms with Crippen LogP contribution in [-0.2, 0) is 6.54 Å². The van der Waals surface area contributed by atoms with Crippen LogP contribution in [0.5, 0.6) is 0 Å². The van der Waals surface area contributed by atoms with Crippen LogP contribution in [0.4, 0.5) is 0 Å². The first-order valence-corrected chi connectivity index (χ1v) is 6.42. The summed E-state index contributed by atoms with van der Waals surface area (Å²) in [5.41, 5.74) is 1.93. The fraction of sp³-hybridized carbons (Fsp3) is 0.538. The van der Waals surface area contributed by atoms with Crippen LogP contribution in [0.2, 0.25) is 0 Å². The van der Waals surface area contributed by atoms with Crippen molar-refractivity contribution < 1.29 is 0 Å². The van der Waals surface area contributed by atoms with E-state index in [4.69, 9.17) is 0 Å². The fourth-order valence-electron chi connectivity index (χ4n) is 2.11. The van der Waals surface area contributed by atoms with Gasteiger partial charge in [0.05, 0.1) is 0 Å². The second-order valence-electron chi connectivity index (χ2n) is 4.90. The van der Waals surface area contributed by atoms with Crippen LogP contribution in [0.25, 0.3) is 0 Å². The van der Waals surface area contributed by atoms with Crippen molar-refractivity contribution >= 4 is 28.3 Å². The monoisotopic (exact) mass is 303 g/mol. The molecule has 0 bridgehead atoms. The highest BCUT2D eigenvalue weighted by Gasteiger charge is 2.30. The third-order valence-corrected chi connectivity index (χ3v) is 3.82. The maximum absolute atomic E-state index is 3.55. The predicted molar refractivity (Wildman–Crippen MR) is 75.1 cm³/mol. The van der Waals surface area contributed by atoms with E-state index in [1.165, 1.54) is 24.8 Å². The zero-order valence-corrected chi connectivity index (χ0v) is 12.0. The van der Waals surface area contributed by atoms with Crippen LogP contribution < -0.4 is 5.32 Å². The van der Waals surface area contributed by atoms with E-state index in [1.54, 1.807) is 0 Å². The summed E-state index contributed by atoms with van der Waals surface area (Å²) in [5.74, 6) is 0. The second-order valence-corrected chi connectivity index (χ2v) is 5.81. The summed E-state index contributed by atoms with van der Waals surface area (Å²) in [6.45, 7) is 4.51. The molecular formula is C13H19BrClN. The highest BCUT2D eigenvalue weighted by Crippen LogP contribution is 2.39. The third-order valence-electron chi connectivity index (χ3n) is 3.33. The Kier molecular flexibility index (Phi) is 5.29. The maximum atomic E-state index is 3.55. The molecular weight excluding hydrogens is 286 g/mol. The van der Waals surface area contributed by atoms with Crippen molar-refractivity contribution in [2.24, 2.45) is 5.41 Å². The minimum Gasteiger partial charge on any atom is -0.312 e. The molecule has 3 heteroatoms. The number of rotatable bonds is 4. The summed E-state index contributed by atoms with van der Waals surface area (Å²) in [5, 5.41) is 3.55. The zero-order chi connectivity index (χ0) is 10.7. The lowest BCUT2D eigenvalue weighted by Crippen LogP contribution is -2.36. The molecule has 1 aromatic carbocycles. The summed E-state index contributed by atoms with van der Waals surface area (Å²) >= 11 is 3.49. The van der Waals surface area contributed by atoms with E-state index in [2.05, 4.69) is 52.4 Å². The lowest BCUT2D eigenvalue weighted by Gasteiger charge is -2.38. The smallest absolute Gasteiger partial charge is 0.0206 e. The largest absolute Gasteiger partial charge is 0.312 e. The molecule has 1 aliphatic carbocycles. The van der Waals surface area contributed by atoms with Gasteiger partial charge in [0.25, 0.3) is 0 Å². The van der Waals surface area contributed by atoms with E-state index in [1.807, 2.05) is 0 Å². The first-order chi connectivity index (χ1) is 7.18. The molecule has 0 saturated heterocycles. The van der Waals surface area contributed by atoms with Crippen molar-refractivity contribution in [3.63, 3.8) is 0 Å². The molecule has 1 aliphatic rings. The molecule has 0 unspecified atom stereocenters. The van der Waals surface area contributed by atoms with E-state index >= 15 is 0 Å². The fourth-order valence-corrected chi connectivity index (χ4v) is 2.56. The Bertz CT molecular complexity index is 336. The van der Waals surface area contributed by atoms with Crippen LogP contribution in [0, 0.1) is 5.41 Å². The molecule has 0 atom stereocenters. The molecule has 1 aromatic rings. The van der Waals surface area contributed by atoms with Gasteiger partial charge in [-0.3, -0.25) is 0 Å². The Morgan fingerprint density at radius 3 is 2.69 bits per heavy atom. The average Bonchev–Trinajstić information content (AvgIpc) is 2.15. The first kappa shape index (κ1) is 14.0. The topological polar surface area (TPSA) is 12.0 Å². The summed E-state index contributed by atoms with van der Waals surface area (Å²) in [4.78, 5) is 0. The molecule has 90 valence electrons. The normalized spacial score (nSPS) is 17.4. The molecule has 0 heterocycles. The van der Waals surface area contributed by atoms with Crippen LogP contribution in [-0.4, -0.2) is 6.54 Å². The molecule has 16 heavy (non-hydrogen) atoms. The van der Waals surface area contributed by atoms with Gasteiger partial charge in [-0.2, -0.15) is 0 Å². The van der Waals surface area contributed by atoms with Crippen molar-refractivity contribution in [3.05, 3.63) is 34.3 Å². The van der Waals surface area contributed by atoms with Gasteiger partial charge in [-0.1, -0.05) is 41.4 Å². The van der Waals surface area contributed by atoms with Crippen LogP contribution in [0.3, 0.4) is 0 Å². The van der Waals surface area contributed by atoms with E-state index in [9.17, 15) is 0 Å². The van der Waals surface area contributed by atoms with E-state index in [0.29, 0.717) is 5.41 Å². The number of hydrogen-bond donors (Lipinski definition) is 1. The molecule has 1 nitrogen and oxygen atoms in total. The molecule has 0 aliphatic heterocycles. The second kappa shape index (κ2) is 6.04. The molecule has 0 spiro atoms. The molecule has 1 saturated carbocycles.